The summed E-state index contributed by atoms with van der Waals surface area (Å²) in [5, 5.41) is 5.19. The lowest BCUT2D eigenvalue weighted by atomic mass is 10.2. The highest BCUT2D eigenvalue weighted by Gasteiger charge is 2.22. The second kappa shape index (κ2) is 3.84. The summed E-state index contributed by atoms with van der Waals surface area (Å²) in [6.45, 7) is 1.86. The Morgan fingerprint density at radius 2 is 2.18 bits per heavy atom. The molecular weight excluding hydrogens is 239 g/mol. The van der Waals surface area contributed by atoms with Gasteiger partial charge in [-0.25, -0.2) is 9.07 Å². The summed E-state index contributed by atoms with van der Waals surface area (Å²) in [5.74, 6) is -0.234. The molecule has 88 valence electrons. The summed E-state index contributed by atoms with van der Waals surface area (Å²) in [6, 6.07) is 4.66. The highest BCUT2D eigenvalue weighted by atomic mass is 35.5. The van der Waals surface area contributed by atoms with Gasteiger partial charge in [0.15, 0.2) is 0 Å². The van der Waals surface area contributed by atoms with Gasteiger partial charge in [0, 0.05) is 5.56 Å². The van der Waals surface area contributed by atoms with Crippen molar-refractivity contribution in [3.63, 3.8) is 0 Å². The van der Waals surface area contributed by atoms with Gasteiger partial charge in [-0.1, -0.05) is 11.6 Å². The minimum Gasteiger partial charge on any atom is -0.221 e. The second-order valence-corrected chi connectivity index (χ2v) is 4.77. The molecular formula is C13H12ClFN2. The Morgan fingerprint density at radius 3 is 2.88 bits per heavy atom. The van der Waals surface area contributed by atoms with Crippen LogP contribution in [-0.2, 0) is 12.8 Å². The van der Waals surface area contributed by atoms with E-state index in [1.54, 1.807) is 10.7 Å². The topological polar surface area (TPSA) is 17.8 Å². The van der Waals surface area contributed by atoms with E-state index >= 15 is 0 Å². The first kappa shape index (κ1) is 10.8. The molecule has 0 fully saturated rings. The number of benzene rings is 1. The average Bonchev–Trinajstić information content (AvgIpc) is 2.83. The van der Waals surface area contributed by atoms with E-state index in [0.29, 0.717) is 5.15 Å². The quantitative estimate of drug-likeness (QED) is 0.758. The molecule has 1 aliphatic carbocycles. The molecule has 0 bridgehead atoms. The molecule has 0 aliphatic heterocycles. The lowest BCUT2D eigenvalue weighted by Crippen LogP contribution is -2.01. The maximum absolute atomic E-state index is 13.1. The molecule has 0 N–H and O–H groups in total. The zero-order chi connectivity index (χ0) is 12.0. The molecule has 0 spiro atoms. The van der Waals surface area contributed by atoms with Crippen LogP contribution in [0.5, 0.6) is 0 Å². The first-order valence-corrected chi connectivity index (χ1v) is 6.07. The van der Waals surface area contributed by atoms with Crippen LogP contribution in [0, 0.1) is 12.7 Å². The molecule has 0 unspecified atom stereocenters. The van der Waals surface area contributed by atoms with Crippen molar-refractivity contribution in [2.24, 2.45) is 0 Å². The van der Waals surface area contributed by atoms with E-state index in [1.165, 1.54) is 12.1 Å². The van der Waals surface area contributed by atoms with E-state index in [2.05, 4.69) is 5.10 Å². The molecule has 2 nitrogen and oxygen atoms in total. The summed E-state index contributed by atoms with van der Waals surface area (Å²) in [7, 11) is 0. The van der Waals surface area contributed by atoms with E-state index in [-0.39, 0.29) is 5.82 Å². The number of aromatic nitrogens is 2. The van der Waals surface area contributed by atoms with Gasteiger partial charge in [0.05, 0.1) is 11.4 Å². The van der Waals surface area contributed by atoms with Gasteiger partial charge >= 0.3 is 0 Å². The number of nitrogens with zero attached hydrogens (tertiary/aromatic N) is 2. The average molecular weight is 251 g/mol. The summed E-state index contributed by atoms with van der Waals surface area (Å²) in [5.41, 5.74) is 3.92. The normalized spacial score (nSPS) is 14.1. The molecule has 1 aliphatic rings. The minimum atomic E-state index is -0.234. The van der Waals surface area contributed by atoms with Crippen LogP contribution < -0.4 is 0 Å². The number of rotatable bonds is 1. The summed E-state index contributed by atoms with van der Waals surface area (Å²) < 4.78 is 14.8. The van der Waals surface area contributed by atoms with Crippen molar-refractivity contribution in [1.29, 1.82) is 0 Å². The molecule has 0 amide bonds. The fourth-order valence-electron chi connectivity index (χ4n) is 2.37. The van der Waals surface area contributed by atoms with Crippen LogP contribution in [0.2, 0.25) is 5.15 Å². The minimum absolute atomic E-state index is 0.234. The van der Waals surface area contributed by atoms with E-state index in [4.69, 9.17) is 11.6 Å². The van der Waals surface area contributed by atoms with Crippen molar-refractivity contribution < 1.29 is 4.39 Å². The highest BCUT2D eigenvalue weighted by Crippen LogP contribution is 2.31. The Bertz CT molecular complexity index is 589. The number of fused-ring (bicyclic) bond motifs is 1. The standard InChI is InChI=1S/C13H12ClFN2/c1-8-7-9(15)5-6-12(8)17-13(14)10-3-2-4-11(10)16-17/h5-7H,2-4H2,1H3. The van der Waals surface area contributed by atoms with Crippen molar-refractivity contribution in [3.8, 4) is 5.69 Å². The predicted octanol–water partition coefficient (Wildman–Crippen LogP) is 3.46. The second-order valence-electron chi connectivity index (χ2n) is 4.41. The Morgan fingerprint density at radius 1 is 1.35 bits per heavy atom. The van der Waals surface area contributed by atoms with Crippen molar-refractivity contribution in [2.45, 2.75) is 26.2 Å². The molecule has 1 aromatic carbocycles. The Balaban J connectivity index is 2.16. The van der Waals surface area contributed by atoms with E-state index in [0.717, 1.165) is 41.8 Å². The van der Waals surface area contributed by atoms with Crippen LogP contribution in [0.25, 0.3) is 5.69 Å². The van der Waals surface area contributed by atoms with E-state index in [9.17, 15) is 4.39 Å². The Kier molecular flexibility index (Phi) is 2.44. The van der Waals surface area contributed by atoms with Crippen molar-refractivity contribution in [2.75, 3.05) is 0 Å². The van der Waals surface area contributed by atoms with E-state index in [1.807, 2.05) is 6.92 Å². The molecule has 0 saturated carbocycles. The van der Waals surface area contributed by atoms with Gasteiger partial charge < -0.3 is 0 Å². The summed E-state index contributed by atoms with van der Waals surface area (Å²) in [6.07, 6.45) is 3.11. The molecule has 0 saturated heterocycles. The zero-order valence-corrected chi connectivity index (χ0v) is 10.3. The third kappa shape index (κ3) is 1.65. The lowest BCUT2D eigenvalue weighted by molar-refractivity contribution is 0.625. The lowest BCUT2D eigenvalue weighted by Gasteiger charge is -2.07. The molecule has 0 radical (unpaired) electrons. The van der Waals surface area contributed by atoms with Gasteiger partial charge in [-0.15, -0.1) is 0 Å². The third-order valence-electron chi connectivity index (χ3n) is 3.23. The number of halogens is 2. The first-order valence-electron chi connectivity index (χ1n) is 5.69. The largest absolute Gasteiger partial charge is 0.221 e. The molecule has 17 heavy (non-hydrogen) atoms. The smallest absolute Gasteiger partial charge is 0.136 e. The molecule has 3 rings (SSSR count). The summed E-state index contributed by atoms with van der Waals surface area (Å²) >= 11 is 6.32. The van der Waals surface area contributed by atoms with Gasteiger partial charge in [0.2, 0.25) is 0 Å². The van der Waals surface area contributed by atoms with Crippen molar-refractivity contribution >= 4 is 11.6 Å². The monoisotopic (exact) mass is 250 g/mol. The van der Waals surface area contributed by atoms with Crippen LogP contribution in [-0.4, -0.2) is 9.78 Å². The van der Waals surface area contributed by atoms with Gasteiger partial charge in [-0.3, -0.25) is 0 Å². The molecule has 0 atom stereocenters. The first-order chi connectivity index (χ1) is 8.16. The SMILES string of the molecule is Cc1cc(F)ccc1-n1nc2c(c1Cl)CCC2. The van der Waals surface area contributed by atoms with Crippen molar-refractivity contribution in [1.82, 2.24) is 9.78 Å². The van der Waals surface area contributed by atoms with Crippen molar-refractivity contribution in [3.05, 3.63) is 46.0 Å². The maximum atomic E-state index is 13.1. The van der Waals surface area contributed by atoms with Crippen LogP contribution in [0.4, 0.5) is 4.39 Å². The fraction of sp³-hybridized carbons (Fsp3) is 0.308. The number of hydrogen-bond acceptors (Lipinski definition) is 1. The zero-order valence-electron chi connectivity index (χ0n) is 9.50. The van der Waals surface area contributed by atoms with Gasteiger partial charge in [-0.2, -0.15) is 5.10 Å². The molecule has 1 aromatic heterocycles. The van der Waals surface area contributed by atoms with Crippen LogP contribution in [0.3, 0.4) is 0 Å². The third-order valence-corrected chi connectivity index (χ3v) is 3.62. The fourth-order valence-corrected chi connectivity index (χ4v) is 2.70. The maximum Gasteiger partial charge on any atom is 0.136 e. The predicted molar refractivity (Wildman–Crippen MR) is 65.3 cm³/mol. The van der Waals surface area contributed by atoms with Gasteiger partial charge in [0.1, 0.15) is 11.0 Å². The van der Waals surface area contributed by atoms with Gasteiger partial charge in [-0.05, 0) is 49.9 Å². The van der Waals surface area contributed by atoms with E-state index < -0.39 is 0 Å². The highest BCUT2D eigenvalue weighted by molar-refractivity contribution is 6.30. The number of aryl methyl sites for hydroxylation is 2. The van der Waals surface area contributed by atoms with Gasteiger partial charge in [0.25, 0.3) is 0 Å². The Hall–Kier alpha value is -1.35. The summed E-state index contributed by atoms with van der Waals surface area (Å²) in [4.78, 5) is 0. The Labute approximate surface area is 104 Å². The van der Waals surface area contributed by atoms with Crippen LogP contribution in [0.1, 0.15) is 23.2 Å². The molecule has 2 aromatic rings. The molecule has 1 heterocycles. The molecule has 4 heteroatoms. The number of hydrogen-bond donors (Lipinski definition) is 0. The van der Waals surface area contributed by atoms with Crippen LogP contribution >= 0.6 is 11.6 Å². The van der Waals surface area contributed by atoms with Crippen LogP contribution in [0.15, 0.2) is 18.2 Å².